The van der Waals surface area contributed by atoms with Gasteiger partial charge in [-0.15, -0.1) is 0 Å². The molecule has 2 heterocycles. The summed E-state index contributed by atoms with van der Waals surface area (Å²) in [7, 11) is 0. The third-order valence-electron chi connectivity index (χ3n) is 2.63. The number of carbonyl (C=O) groups excluding carboxylic acids is 1. The van der Waals surface area contributed by atoms with Gasteiger partial charge in [-0.05, 0) is 0 Å². The standard InChI is InChI=1S/C11H16N2O2/c1-11(2,3)10(14)13-5-4-9-8(7-13)6-12-15-9/h6H,4-5,7H2,1-3H3. The fraction of sp³-hybridized carbons (Fsp3) is 0.636. The first-order valence-electron chi connectivity index (χ1n) is 5.20. The molecule has 1 aliphatic rings. The first-order chi connectivity index (χ1) is 6.98. The van der Waals surface area contributed by atoms with Crippen molar-refractivity contribution in [3.63, 3.8) is 0 Å². The number of hydrogen-bond acceptors (Lipinski definition) is 3. The number of rotatable bonds is 0. The van der Waals surface area contributed by atoms with Crippen LogP contribution in [0.5, 0.6) is 0 Å². The first-order valence-corrected chi connectivity index (χ1v) is 5.20. The summed E-state index contributed by atoms with van der Waals surface area (Å²) < 4.78 is 5.08. The highest BCUT2D eigenvalue weighted by Gasteiger charge is 2.30. The molecule has 0 saturated heterocycles. The van der Waals surface area contributed by atoms with E-state index in [0.29, 0.717) is 6.54 Å². The Hall–Kier alpha value is -1.32. The smallest absolute Gasteiger partial charge is 0.228 e. The fourth-order valence-electron chi connectivity index (χ4n) is 1.79. The zero-order chi connectivity index (χ0) is 11.1. The van der Waals surface area contributed by atoms with E-state index in [2.05, 4.69) is 5.16 Å². The molecular weight excluding hydrogens is 192 g/mol. The van der Waals surface area contributed by atoms with Gasteiger partial charge in [0.05, 0.1) is 12.7 Å². The Morgan fingerprint density at radius 1 is 1.53 bits per heavy atom. The lowest BCUT2D eigenvalue weighted by molar-refractivity contribution is -0.140. The van der Waals surface area contributed by atoms with E-state index in [4.69, 9.17) is 4.52 Å². The normalized spacial score (nSPS) is 16.3. The van der Waals surface area contributed by atoms with Crippen LogP contribution in [-0.2, 0) is 17.8 Å². The minimum Gasteiger partial charge on any atom is -0.361 e. The second-order valence-electron chi connectivity index (χ2n) is 5.00. The summed E-state index contributed by atoms with van der Waals surface area (Å²) in [6, 6.07) is 0. The Kier molecular flexibility index (Phi) is 2.29. The summed E-state index contributed by atoms with van der Waals surface area (Å²) in [6.45, 7) is 7.20. The molecule has 1 amide bonds. The predicted molar refractivity (Wildman–Crippen MR) is 55.1 cm³/mol. The van der Waals surface area contributed by atoms with E-state index in [0.717, 1.165) is 24.3 Å². The molecule has 0 aliphatic carbocycles. The zero-order valence-corrected chi connectivity index (χ0v) is 9.41. The molecule has 2 rings (SSSR count). The van der Waals surface area contributed by atoms with Crippen LogP contribution in [0.2, 0.25) is 0 Å². The Balaban J connectivity index is 2.14. The second kappa shape index (κ2) is 3.36. The van der Waals surface area contributed by atoms with Gasteiger partial charge >= 0.3 is 0 Å². The van der Waals surface area contributed by atoms with Gasteiger partial charge in [-0.1, -0.05) is 25.9 Å². The maximum Gasteiger partial charge on any atom is 0.228 e. The second-order valence-corrected chi connectivity index (χ2v) is 5.00. The van der Waals surface area contributed by atoms with E-state index >= 15 is 0 Å². The summed E-state index contributed by atoms with van der Waals surface area (Å²) in [6.07, 6.45) is 2.48. The van der Waals surface area contributed by atoms with Gasteiger partial charge in [-0.25, -0.2) is 0 Å². The van der Waals surface area contributed by atoms with E-state index in [1.54, 1.807) is 6.20 Å². The molecule has 0 radical (unpaired) electrons. The predicted octanol–water partition coefficient (Wildman–Crippen LogP) is 1.61. The van der Waals surface area contributed by atoms with Gasteiger partial charge in [0, 0.05) is 23.9 Å². The van der Waals surface area contributed by atoms with Crippen LogP contribution >= 0.6 is 0 Å². The van der Waals surface area contributed by atoms with Gasteiger partial charge in [0.1, 0.15) is 5.76 Å². The van der Waals surface area contributed by atoms with Crippen molar-refractivity contribution in [1.82, 2.24) is 10.1 Å². The number of hydrogen-bond donors (Lipinski definition) is 0. The third-order valence-corrected chi connectivity index (χ3v) is 2.63. The average Bonchev–Trinajstić information content (AvgIpc) is 2.61. The summed E-state index contributed by atoms with van der Waals surface area (Å²) >= 11 is 0. The van der Waals surface area contributed by atoms with E-state index in [1.165, 1.54) is 0 Å². The maximum atomic E-state index is 12.0. The summed E-state index contributed by atoms with van der Waals surface area (Å²) in [4.78, 5) is 13.9. The SMILES string of the molecule is CC(C)(C)C(=O)N1CCc2oncc2C1. The van der Waals surface area contributed by atoms with Crippen LogP contribution in [0.15, 0.2) is 10.7 Å². The molecule has 82 valence electrons. The molecule has 0 fully saturated rings. The lowest BCUT2D eigenvalue weighted by atomic mass is 9.93. The quantitative estimate of drug-likeness (QED) is 0.650. The van der Waals surface area contributed by atoms with Crippen molar-refractivity contribution < 1.29 is 9.32 Å². The van der Waals surface area contributed by atoms with Gasteiger partial charge in [-0.3, -0.25) is 4.79 Å². The van der Waals surface area contributed by atoms with E-state index < -0.39 is 0 Å². The van der Waals surface area contributed by atoms with Crippen LogP contribution in [0.3, 0.4) is 0 Å². The van der Waals surface area contributed by atoms with E-state index in [1.807, 2.05) is 25.7 Å². The molecular formula is C11H16N2O2. The Labute approximate surface area is 89.2 Å². The molecule has 0 atom stereocenters. The molecule has 1 aliphatic heterocycles. The monoisotopic (exact) mass is 208 g/mol. The summed E-state index contributed by atoms with van der Waals surface area (Å²) in [5.74, 6) is 1.11. The fourth-order valence-corrected chi connectivity index (χ4v) is 1.79. The number of aromatic nitrogens is 1. The highest BCUT2D eigenvalue weighted by molar-refractivity contribution is 5.81. The lowest BCUT2D eigenvalue weighted by Gasteiger charge is -2.31. The highest BCUT2D eigenvalue weighted by atomic mass is 16.5. The third kappa shape index (κ3) is 1.89. The van der Waals surface area contributed by atoms with Crippen molar-refractivity contribution >= 4 is 5.91 Å². The largest absolute Gasteiger partial charge is 0.361 e. The van der Waals surface area contributed by atoms with Crippen molar-refractivity contribution in [3.05, 3.63) is 17.5 Å². The van der Waals surface area contributed by atoms with Crippen molar-refractivity contribution in [2.45, 2.75) is 33.7 Å². The molecule has 0 N–H and O–H groups in total. The summed E-state index contributed by atoms with van der Waals surface area (Å²) in [5, 5.41) is 3.75. The van der Waals surface area contributed by atoms with Crippen LogP contribution in [0.25, 0.3) is 0 Å². The van der Waals surface area contributed by atoms with Crippen molar-refractivity contribution in [1.29, 1.82) is 0 Å². The van der Waals surface area contributed by atoms with Crippen LogP contribution in [-0.4, -0.2) is 22.5 Å². The number of amides is 1. The molecule has 1 aromatic heterocycles. The molecule has 4 nitrogen and oxygen atoms in total. The molecule has 0 aromatic carbocycles. The van der Waals surface area contributed by atoms with Gasteiger partial charge < -0.3 is 9.42 Å². The topological polar surface area (TPSA) is 46.3 Å². The van der Waals surface area contributed by atoms with Crippen LogP contribution in [0.4, 0.5) is 0 Å². The van der Waals surface area contributed by atoms with Crippen LogP contribution in [0, 0.1) is 5.41 Å². The summed E-state index contributed by atoms with van der Waals surface area (Å²) in [5.41, 5.74) is 0.730. The highest BCUT2D eigenvalue weighted by Crippen LogP contribution is 2.24. The van der Waals surface area contributed by atoms with Crippen molar-refractivity contribution in [3.8, 4) is 0 Å². The van der Waals surface area contributed by atoms with Gasteiger partial charge in [0.15, 0.2) is 0 Å². The molecule has 1 aromatic rings. The Bertz CT molecular complexity index is 376. The minimum absolute atomic E-state index is 0.189. The van der Waals surface area contributed by atoms with Crippen LogP contribution < -0.4 is 0 Å². The number of carbonyl (C=O) groups is 1. The van der Waals surface area contributed by atoms with E-state index in [9.17, 15) is 4.79 Å². The Morgan fingerprint density at radius 3 is 2.93 bits per heavy atom. The number of nitrogens with zero attached hydrogens (tertiary/aromatic N) is 2. The Morgan fingerprint density at radius 2 is 2.27 bits per heavy atom. The molecule has 0 bridgehead atoms. The zero-order valence-electron chi connectivity index (χ0n) is 9.41. The van der Waals surface area contributed by atoms with Crippen molar-refractivity contribution in [2.75, 3.05) is 6.54 Å². The maximum absolute atomic E-state index is 12.0. The van der Waals surface area contributed by atoms with E-state index in [-0.39, 0.29) is 11.3 Å². The average molecular weight is 208 g/mol. The molecule has 0 unspecified atom stereocenters. The number of fused-ring (bicyclic) bond motifs is 1. The molecule has 4 heteroatoms. The van der Waals surface area contributed by atoms with Gasteiger partial charge in [-0.2, -0.15) is 0 Å². The minimum atomic E-state index is -0.311. The van der Waals surface area contributed by atoms with Gasteiger partial charge in [0.2, 0.25) is 5.91 Å². The molecule has 15 heavy (non-hydrogen) atoms. The van der Waals surface area contributed by atoms with Gasteiger partial charge in [0.25, 0.3) is 0 Å². The first kappa shape index (κ1) is 10.2. The molecule has 0 spiro atoms. The van der Waals surface area contributed by atoms with Crippen molar-refractivity contribution in [2.24, 2.45) is 5.41 Å². The lowest BCUT2D eigenvalue weighted by Crippen LogP contribution is -2.42. The molecule has 0 saturated carbocycles. The van der Waals surface area contributed by atoms with Crippen LogP contribution in [0.1, 0.15) is 32.1 Å².